The fourth-order valence-electron chi connectivity index (χ4n) is 1.55. The van der Waals surface area contributed by atoms with Crippen LogP contribution in [0.2, 0.25) is 0 Å². The molecule has 2 nitrogen and oxygen atoms in total. The highest BCUT2D eigenvalue weighted by molar-refractivity contribution is 4.98. The van der Waals surface area contributed by atoms with Gasteiger partial charge in [0, 0.05) is 6.54 Å². The predicted molar refractivity (Wildman–Crippen MR) is 35.7 cm³/mol. The number of ether oxygens (including phenoxy) is 1. The lowest BCUT2D eigenvalue weighted by Crippen LogP contribution is -2.64. The Morgan fingerprint density at radius 3 is 2.70 bits per heavy atom. The molecule has 10 heavy (non-hydrogen) atoms. The van der Waals surface area contributed by atoms with Gasteiger partial charge in [-0.05, 0) is 12.8 Å². The molecule has 2 fully saturated rings. The summed E-state index contributed by atoms with van der Waals surface area (Å²) in [5, 5.41) is 3.18. The number of nitrogens with one attached hydrogen (secondary N) is 1. The minimum atomic E-state index is -0.633. The van der Waals surface area contributed by atoms with Gasteiger partial charge in [-0.25, -0.2) is 4.39 Å². The van der Waals surface area contributed by atoms with Crippen LogP contribution in [-0.2, 0) is 4.74 Å². The first-order valence-electron chi connectivity index (χ1n) is 3.78. The number of hydrogen-bond donors (Lipinski definition) is 1. The van der Waals surface area contributed by atoms with Gasteiger partial charge in [0.05, 0.1) is 18.8 Å². The van der Waals surface area contributed by atoms with E-state index in [0.717, 1.165) is 19.6 Å². The van der Waals surface area contributed by atoms with Crippen LogP contribution in [0.1, 0.15) is 12.8 Å². The van der Waals surface area contributed by atoms with Crippen LogP contribution < -0.4 is 5.32 Å². The summed E-state index contributed by atoms with van der Waals surface area (Å²) in [6, 6.07) is 0. The molecule has 2 aliphatic heterocycles. The maximum absolute atomic E-state index is 12.6. The Morgan fingerprint density at radius 2 is 2.30 bits per heavy atom. The van der Waals surface area contributed by atoms with Crippen LogP contribution in [-0.4, -0.2) is 31.5 Å². The summed E-state index contributed by atoms with van der Waals surface area (Å²) in [7, 11) is 0. The van der Waals surface area contributed by atoms with Gasteiger partial charge in [-0.15, -0.1) is 0 Å². The van der Waals surface area contributed by atoms with E-state index in [4.69, 9.17) is 4.74 Å². The second-order valence-electron chi connectivity index (χ2n) is 3.29. The summed E-state index contributed by atoms with van der Waals surface area (Å²) in [5.74, 6) is 0. The van der Waals surface area contributed by atoms with E-state index in [1.165, 1.54) is 0 Å². The molecule has 3 heteroatoms. The van der Waals surface area contributed by atoms with E-state index < -0.39 is 6.17 Å². The molecule has 1 spiro atoms. The number of piperidine rings is 1. The molecule has 1 atom stereocenters. The van der Waals surface area contributed by atoms with Gasteiger partial charge in [0.1, 0.15) is 6.17 Å². The maximum Gasteiger partial charge on any atom is 0.113 e. The highest BCUT2D eigenvalue weighted by Crippen LogP contribution is 2.27. The normalized spacial score (nSPS) is 37.5. The molecule has 2 aliphatic rings. The van der Waals surface area contributed by atoms with Crippen molar-refractivity contribution in [2.24, 2.45) is 0 Å². The van der Waals surface area contributed by atoms with Gasteiger partial charge in [-0.1, -0.05) is 0 Å². The van der Waals surface area contributed by atoms with Crippen molar-refractivity contribution in [1.29, 1.82) is 0 Å². The Bertz CT molecular complexity index is 126. The van der Waals surface area contributed by atoms with Crippen molar-refractivity contribution in [3.8, 4) is 0 Å². The number of halogens is 1. The molecule has 1 N–H and O–H groups in total. The molecular formula is C7H12FNO. The number of rotatable bonds is 0. The van der Waals surface area contributed by atoms with Gasteiger partial charge in [-0.3, -0.25) is 0 Å². The molecule has 0 aliphatic carbocycles. The van der Waals surface area contributed by atoms with E-state index in [1.807, 2.05) is 0 Å². The number of alkyl halides is 1. The summed E-state index contributed by atoms with van der Waals surface area (Å²) >= 11 is 0. The largest absolute Gasteiger partial charge is 0.377 e. The predicted octanol–water partition coefficient (Wildman–Crippen LogP) is 0.477. The third-order valence-electron chi connectivity index (χ3n) is 2.39. The first kappa shape index (κ1) is 6.55. The zero-order valence-corrected chi connectivity index (χ0v) is 5.90. The highest BCUT2D eigenvalue weighted by atomic mass is 19.1. The van der Waals surface area contributed by atoms with E-state index in [-0.39, 0.29) is 5.54 Å². The highest BCUT2D eigenvalue weighted by Gasteiger charge is 2.41. The topological polar surface area (TPSA) is 21.3 Å². The average molecular weight is 145 g/mol. The van der Waals surface area contributed by atoms with E-state index in [1.54, 1.807) is 0 Å². The smallest absolute Gasteiger partial charge is 0.113 e. The first-order chi connectivity index (χ1) is 4.81. The first-order valence-corrected chi connectivity index (χ1v) is 3.78. The van der Waals surface area contributed by atoms with Crippen molar-refractivity contribution in [3.63, 3.8) is 0 Å². The molecule has 58 valence electrons. The van der Waals surface area contributed by atoms with Crippen molar-refractivity contribution in [1.82, 2.24) is 5.32 Å². The number of hydrogen-bond acceptors (Lipinski definition) is 2. The van der Waals surface area contributed by atoms with Crippen LogP contribution in [0.5, 0.6) is 0 Å². The molecule has 0 saturated carbocycles. The Kier molecular flexibility index (Phi) is 1.42. The molecule has 0 bridgehead atoms. The van der Waals surface area contributed by atoms with Crippen molar-refractivity contribution in [2.45, 2.75) is 24.6 Å². The van der Waals surface area contributed by atoms with Crippen molar-refractivity contribution in [2.75, 3.05) is 19.8 Å². The summed E-state index contributed by atoms with van der Waals surface area (Å²) in [5.41, 5.74) is 0.169. The molecule has 0 aromatic carbocycles. The Balaban J connectivity index is 1.90. The summed E-state index contributed by atoms with van der Waals surface area (Å²) in [6.45, 7) is 2.07. The molecular weight excluding hydrogens is 133 g/mol. The van der Waals surface area contributed by atoms with E-state index in [9.17, 15) is 4.39 Å². The van der Waals surface area contributed by atoms with E-state index >= 15 is 0 Å². The Labute approximate surface area is 59.7 Å². The van der Waals surface area contributed by atoms with Gasteiger partial charge in [0.15, 0.2) is 0 Å². The minimum absolute atomic E-state index is 0.169. The molecule has 2 heterocycles. The van der Waals surface area contributed by atoms with Crippen LogP contribution in [0.4, 0.5) is 4.39 Å². The van der Waals surface area contributed by atoms with Crippen LogP contribution in [0, 0.1) is 0 Å². The van der Waals surface area contributed by atoms with Crippen LogP contribution in [0.15, 0.2) is 0 Å². The lowest BCUT2D eigenvalue weighted by molar-refractivity contribution is -0.0930. The molecule has 0 aromatic rings. The molecule has 0 radical (unpaired) electrons. The SMILES string of the molecule is FC1CCC2(COC2)NC1. The quantitative estimate of drug-likeness (QED) is 0.535. The third kappa shape index (κ3) is 0.935. The van der Waals surface area contributed by atoms with Crippen LogP contribution >= 0.6 is 0 Å². The molecule has 0 aromatic heterocycles. The maximum atomic E-state index is 12.6. The average Bonchev–Trinajstić information content (AvgIpc) is 1.86. The lowest BCUT2D eigenvalue weighted by atomic mass is 9.87. The van der Waals surface area contributed by atoms with Gasteiger partial charge in [0.25, 0.3) is 0 Å². The zero-order valence-electron chi connectivity index (χ0n) is 5.90. The van der Waals surface area contributed by atoms with E-state index in [2.05, 4.69) is 5.32 Å². The van der Waals surface area contributed by atoms with Crippen LogP contribution in [0.3, 0.4) is 0 Å². The van der Waals surface area contributed by atoms with Crippen molar-refractivity contribution in [3.05, 3.63) is 0 Å². The standard InChI is InChI=1S/C7H12FNO/c8-6-1-2-7(9-3-6)4-10-5-7/h6,9H,1-5H2. The van der Waals surface area contributed by atoms with Crippen molar-refractivity contribution < 1.29 is 9.13 Å². The monoisotopic (exact) mass is 145 g/mol. The van der Waals surface area contributed by atoms with Crippen molar-refractivity contribution >= 4 is 0 Å². The fourth-order valence-corrected chi connectivity index (χ4v) is 1.55. The second kappa shape index (κ2) is 2.17. The van der Waals surface area contributed by atoms with Gasteiger partial charge >= 0.3 is 0 Å². The third-order valence-corrected chi connectivity index (χ3v) is 2.39. The van der Waals surface area contributed by atoms with Crippen LogP contribution in [0.25, 0.3) is 0 Å². The van der Waals surface area contributed by atoms with E-state index in [0.29, 0.717) is 13.0 Å². The molecule has 2 rings (SSSR count). The van der Waals surface area contributed by atoms with Gasteiger partial charge in [-0.2, -0.15) is 0 Å². The van der Waals surface area contributed by atoms with Gasteiger partial charge in [0.2, 0.25) is 0 Å². The molecule has 1 unspecified atom stereocenters. The summed E-state index contributed by atoms with van der Waals surface area (Å²) in [4.78, 5) is 0. The summed E-state index contributed by atoms with van der Waals surface area (Å²) < 4.78 is 17.6. The van der Waals surface area contributed by atoms with Gasteiger partial charge < -0.3 is 10.1 Å². The Morgan fingerprint density at radius 1 is 1.50 bits per heavy atom. The minimum Gasteiger partial charge on any atom is -0.377 e. The lowest BCUT2D eigenvalue weighted by Gasteiger charge is -2.45. The second-order valence-corrected chi connectivity index (χ2v) is 3.29. The summed E-state index contributed by atoms with van der Waals surface area (Å²) in [6.07, 6.45) is 1.01. The molecule has 2 saturated heterocycles. The molecule has 0 amide bonds. The fraction of sp³-hybridized carbons (Fsp3) is 1.00. The zero-order chi connectivity index (χ0) is 7.03. The Hall–Kier alpha value is -0.150.